The van der Waals surface area contributed by atoms with Crippen molar-refractivity contribution in [1.29, 1.82) is 0 Å². The van der Waals surface area contributed by atoms with Gasteiger partial charge in [-0.1, -0.05) is 6.92 Å². The molecule has 4 atom stereocenters. The van der Waals surface area contributed by atoms with E-state index in [0.717, 1.165) is 12.8 Å². The van der Waals surface area contributed by atoms with Crippen LogP contribution in [0.4, 0.5) is 0 Å². The van der Waals surface area contributed by atoms with Crippen molar-refractivity contribution >= 4 is 11.9 Å². The normalized spacial score (nSPS) is 35.4. The number of piperidine rings is 1. The average Bonchev–Trinajstić information content (AvgIpc) is 2.85. The number of nitrogens with one attached hydrogen (secondary N) is 1. The number of hydrogen-bond acceptors (Lipinski definition) is 4. The average molecular weight is 270 g/mol. The number of nitrogens with zero attached hydrogens (tertiary/aromatic N) is 1. The SMILES string of the molecule is CNC1COCC1C(=O)N1CCCC(C)C1C(=O)O. The van der Waals surface area contributed by atoms with Crippen molar-refractivity contribution in [2.45, 2.75) is 31.8 Å². The first kappa shape index (κ1) is 14.3. The third-order valence-electron chi connectivity index (χ3n) is 4.24. The lowest BCUT2D eigenvalue weighted by molar-refractivity contribution is -0.156. The number of carboxylic acids is 1. The van der Waals surface area contributed by atoms with Gasteiger partial charge >= 0.3 is 5.97 Å². The molecule has 2 N–H and O–H groups in total. The minimum absolute atomic E-state index is 0.00515. The van der Waals surface area contributed by atoms with E-state index in [-0.39, 0.29) is 23.8 Å². The zero-order valence-corrected chi connectivity index (χ0v) is 11.5. The fourth-order valence-electron chi connectivity index (χ4n) is 3.11. The summed E-state index contributed by atoms with van der Waals surface area (Å²) in [7, 11) is 1.80. The van der Waals surface area contributed by atoms with Gasteiger partial charge in [0.25, 0.3) is 0 Å². The fourth-order valence-corrected chi connectivity index (χ4v) is 3.11. The molecule has 2 rings (SSSR count). The first-order valence-corrected chi connectivity index (χ1v) is 6.84. The third-order valence-corrected chi connectivity index (χ3v) is 4.24. The molecule has 6 nitrogen and oxygen atoms in total. The monoisotopic (exact) mass is 270 g/mol. The quantitative estimate of drug-likeness (QED) is 0.750. The molecule has 2 saturated heterocycles. The predicted octanol–water partition coefficient (Wildman–Crippen LogP) is -0.0675. The summed E-state index contributed by atoms with van der Waals surface area (Å²) in [4.78, 5) is 25.5. The number of likely N-dealkylation sites (N-methyl/N-ethyl adjacent to an activating group) is 1. The van der Waals surface area contributed by atoms with Crippen molar-refractivity contribution < 1.29 is 19.4 Å². The van der Waals surface area contributed by atoms with Crippen LogP contribution in [0.15, 0.2) is 0 Å². The minimum atomic E-state index is -0.902. The van der Waals surface area contributed by atoms with Gasteiger partial charge in [-0.25, -0.2) is 4.79 Å². The lowest BCUT2D eigenvalue weighted by Crippen LogP contribution is -2.55. The molecule has 2 heterocycles. The Hall–Kier alpha value is -1.14. The zero-order valence-electron chi connectivity index (χ0n) is 11.5. The molecule has 2 fully saturated rings. The first-order valence-electron chi connectivity index (χ1n) is 6.84. The van der Waals surface area contributed by atoms with Gasteiger partial charge in [0.15, 0.2) is 0 Å². The molecular formula is C13H22N2O4. The van der Waals surface area contributed by atoms with Crippen LogP contribution in [-0.2, 0) is 14.3 Å². The molecule has 0 spiro atoms. The molecule has 0 aromatic rings. The van der Waals surface area contributed by atoms with Crippen LogP contribution < -0.4 is 5.32 Å². The number of amides is 1. The summed E-state index contributed by atoms with van der Waals surface area (Å²) in [5.74, 6) is -1.25. The van der Waals surface area contributed by atoms with E-state index in [2.05, 4.69) is 5.32 Å². The Labute approximate surface area is 113 Å². The molecule has 2 aliphatic rings. The second-order valence-corrected chi connectivity index (χ2v) is 5.47. The lowest BCUT2D eigenvalue weighted by Gasteiger charge is -2.39. The Balaban J connectivity index is 2.14. The van der Waals surface area contributed by atoms with Gasteiger partial charge in [-0.15, -0.1) is 0 Å². The summed E-state index contributed by atoms with van der Waals surface area (Å²) in [6, 6.07) is -0.710. The van der Waals surface area contributed by atoms with Crippen molar-refractivity contribution in [2.24, 2.45) is 11.8 Å². The number of aliphatic carboxylic acids is 1. The van der Waals surface area contributed by atoms with Crippen molar-refractivity contribution in [3.8, 4) is 0 Å². The highest BCUT2D eigenvalue weighted by Crippen LogP contribution is 2.27. The second-order valence-electron chi connectivity index (χ2n) is 5.47. The van der Waals surface area contributed by atoms with Gasteiger partial charge in [0.1, 0.15) is 6.04 Å². The van der Waals surface area contributed by atoms with Crippen LogP contribution in [0.5, 0.6) is 0 Å². The molecule has 2 aliphatic heterocycles. The van der Waals surface area contributed by atoms with Gasteiger partial charge in [0, 0.05) is 12.6 Å². The molecule has 1 amide bonds. The summed E-state index contributed by atoms with van der Waals surface area (Å²) in [5, 5.41) is 12.4. The summed E-state index contributed by atoms with van der Waals surface area (Å²) in [6.07, 6.45) is 1.73. The van der Waals surface area contributed by atoms with E-state index in [0.29, 0.717) is 19.8 Å². The van der Waals surface area contributed by atoms with Gasteiger partial charge in [-0.05, 0) is 25.8 Å². The number of carbonyl (C=O) groups excluding carboxylic acids is 1. The number of rotatable bonds is 3. The molecule has 0 bridgehead atoms. The van der Waals surface area contributed by atoms with Gasteiger partial charge in [-0.2, -0.15) is 0 Å². The highest BCUT2D eigenvalue weighted by atomic mass is 16.5. The van der Waals surface area contributed by atoms with Gasteiger partial charge < -0.3 is 20.1 Å². The van der Waals surface area contributed by atoms with Gasteiger partial charge in [0.05, 0.1) is 19.1 Å². The number of carboxylic acid groups (broad SMARTS) is 1. The Morgan fingerprint density at radius 1 is 1.37 bits per heavy atom. The van der Waals surface area contributed by atoms with Crippen molar-refractivity contribution in [3.05, 3.63) is 0 Å². The highest BCUT2D eigenvalue weighted by molar-refractivity contribution is 5.86. The molecule has 6 heteroatoms. The van der Waals surface area contributed by atoms with Crippen LogP contribution in [-0.4, -0.2) is 60.8 Å². The Morgan fingerprint density at radius 3 is 2.74 bits per heavy atom. The summed E-state index contributed by atoms with van der Waals surface area (Å²) in [5.41, 5.74) is 0. The van der Waals surface area contributed by atoms with Gasteiger partial charge in [-0.3, -0.25) is 4.79 Å². The van der Waals surface area contributed by atoms with Crippen LogP contribution in [0.1, 0.15) is 19.8 Å². The third kappa shape index (κ3) is 2.74. The molecular weight excluding hydrogens is 248 g/mol. The van der Waals surface area contributed by atoms with Crippen molar-refractivity contribution in [3.63, 3.8) is 0 Å². The van der Waals surface area contributed by atoms with Crippen molar-refractivity contribution in [1.82, 2.24) is 10.2 Å². The maximum absolute atomic E-state index is 12.6. The number of carbonyl (C=O) groups is 2. The van der Waals surface area contributed by atoms with Crippen LogP contribution in [0.3, 0.4) is 0 Å². The molecule has 0 radical (unpaired) electrons. The Bertz CT molecular complexity index is 361. The maximum Gasteiger partial charge on any atom is 0.326 e. The molecule has 0 aromatic carbocycles. The van der Waals surface area contributed by atoms with E-state index in [9.17, 15) is 14.7 Å². The van der Waals surface area contributed by atoms with Crippen molar-refractivity contribution in [2.75, 3.05) is 26.8 Å². The van der Waals surface area contributed by atoms with Crippen LogP contribution in [0.2, 0.25) is 0 Å². The Kier molecular flexibility index (Phi) is 4.42. The standard InChI is InChI=1S/C13H22N2O4/c1-8-4-3-5-15(11(8)13(17)18)12(16)9-6-19-7-10(9)14-2/h8-11,14H,3-7H2,1-2H3,(H,17,18). The zero-order chi connectivity index (χ0) is 14.0. The second kappa shape index (κ2) is 5.88. The fraction of sp³-hybridized carbons (Fsp3) is 0.846. The predicted molar refractivity (Wildman–Crippen MR) is 68.7 cm³/mol. The Morgan fingerprint density at radius 2 is 2.11 bits per heavy atom. The molecule has 0 aliphatic carbocycles. The van der Waals surface area contributed by atoms with Crippen LogP contribution in [0.25, 0.3) is 0 Å². The molecule has 19 heavy (non-hydrogen) atoms. The highest BCUT2D eigenvalue weighted by Gasteiger charge is 2.42. The summed E-state index contributed by atoms with van der Waals surface area (Å²) >= 11 is 0. The molecule has 108 valence electrons. The van der Waals surface area contributed by atoms with E-state index in [1.165, 1.54) is 0 Å². The van der Waals surface area contributed by atoms with E-state index in [1.807, 2.05) is 6.92 Å². The summed E-state index contributed by atoms with van der Waals surface area (Å²) < 4.78 is 5.34. The topological polar surface area (TPSA) is 78.9 Å². The van der Waals surface area contributed by atoms with E-state index in [4.69, 9.17) is 4.74 Å². The molecule has 0 saturated carbocycles. The van der Waals surface area contributed by atoms with E-state index < -0.39 is 12.0 Å². The number of likely N-dealkylation sites (tertiary alicyclic amines) is 1. The molecule has 4 unspecified atom stereocenters. The van der Waals surface area contributed by atoms with E-state index in [1.54, 1.807) is 11.9 Å². The first-order chi connectivity index (χ1) is 9.06. The number of ether oxygens (including phenoxy) is 1. The van der Waals surface area contributed by atoms with Crippen LogP contribution in [0, 0.1) is 11.8 Å². The van der Waals surface area contributed by atoms with Gasteiger partial charge in [0.2, 0.25) is 5.91 Å². The summed E-state index contributed by atoms with van der Waals surface area (Å²) in [6.45, 7) is 3.32. The largest absolute Gasteiger partial charge is 0.480 e. The maximum atomic E-state index is 12.6. The number of hydrogen-bond donors (Lipinski definition) is 2. The minimum Gasteiger partial charge on any atom is -0.480 e. The smallest absolute Gasteiger partial charge is 0.326 e. The van der Waals surface area contributed by atoms with Crippen LogP contribution >= 0.6 is 0 Å². The lowest BCUT2D eigenvalue weighted by atomic mass is 9.89. The van der Waals surface area contributed by atoms with E-state index >= 15 is 0 Å². The molecule has 0 aromatic heterocycles.